The molecular formula is C7H13FN2O2S. The average molecular weight is 208 g/mol. The van der Waals surface area contributed by atoms with Gasteiger partial charge in [-0.05, 0) is 12.8 Å². The summed E-state index contributed by atoms with van der Waals surface area (Å²) in [5.74, 6) is -1.22. The maximum atomic E-state index is 13.1. The topological polar surface area (TPSA) is 84.0 Å². The lowest BCUT2D eigenvalue weighted by molar-refractivity contribution is 0.295. The van der Waals surface area contributed by atoms with Crippen molar-refractivity contribution in [2.45, 2.75) is 19.0 Å². The number of hydrogen-bond donors (Lipinski definition) is 2. The zero-order chi connectivity index (χ0) is 10.1. The molecule has 0 amide bonds. The summed E-state index contributed by atoms with van der Waals surface area (Å²) in [6.45, 7) is 0. The Morgan fingerprint density at radius 1 is 1.62 bits per heavy atom. The molecule has 0 aromatic carbocycles. The van der Waals surface area contributed by atoms with E-state index in [0.717, 1.165) is 0 Å². The molecule has 4 nitrogen and oxygen atoms in total. The van der Waals surface area contributed by atoms with Gasteiger partial charge in [0.1, 0.15) is 5.84 Å². The summed E-state index contributed by atoms with van der Waals surface area (Å²) in [6.07, 6.45) is -0.629. The lowest BCUT2D eigenvalue weighted by Gasteiger charge is -2.23. The van der Waals surface area contributed by atoms with E-state index in [4.69, 9.17) is 11.1 Å². The molecule has 1 aliphatic rings. The lowest BCUT2D eigenvalue weighted by Crippen LogP contribution is -2.38. The highest BCUT2D eigenvalue weighted by Crippen LogP contribution is 2.23. The Labute approximate surface area is 76.7 Å². The normalized spacial score (nSPS) is 29.5. The minimum absolute atomic E-state index is 0.133. The maximum absolute atomic E-state index is 13.1. The Morgan fingerprint density at radius 3 is 2.69 bits per heavy atom. The molecular weight excluding hydrogens is 195 g/mol. The zero-order valence-corrected chi connectivity index (χ0v) is 7.98. The number of rotatable bonds is 2. The van der Waals surface area contributed by atoms with Gasteiger partial charge in [0.2, 0.25) is 0 Å². The summed E-state index contributed by atoms with van der Waals surface area (Å²) >= 11 is 0. The van der Waals surface area contributed by atoms with E-state index in [1.807, 2.05) is 0 Å². The fourth-order valence-corrected chi connectivity index (χ4v) is 3.30. The molecule has 3 N–H and O–H groups in total. The highest BCUT2D eigenvalue weighted by Gasteiger charge is 2.32. The summed E-state index contributed by atoms with van der Waals surface area (Å²) in [4.78, 5) is 0. The van der Waals surface area contributed by atoms with Gasteiger partial charge < -0.3 is 5.73 Å². The summed E-state index contributed by atoms with van der Waals surface area (Å²) in [5.41, 5.74) is 4.97. The van der Waals surface area contributed by atoms with Crippen molar-refractivity contribution >= 4 is 15.7 Å². The van der Waals surface area contributed by atoms with Crippen LogP contribution < -0.4 is 5.73 Å². The van der Waals surface area contributed by atoms with Crippen molar-refractivity contribution in [2.75, 3.05) is 11.5 Å². The largest absolute Gasteiger partial charge is 0.385 e. The van der Waals surface area contributed by atoms with Crippen LogP contribution in [0.3, 0.4) is 0 Å². The quantitative estimate of drug-likeness (QED) is 0.498. The third kappa shape index (κ3) is 2.65. The zero-order valence-electron chi connectivity index (χ0n) is 7.16. The molecule has 13 heavy (non-hydrogen) atoms. The molecule has 1 rings (SSSR count). The molecule has 0 radical (unpaired) electrons. The predicted octanol–water partition coefficient (Wildman–Crippen LogP) is 0.0853. The fraction of sp³-hybridized carbons (Fsp3) is 0.857. The van der Waals surface area contributed by atoms with Crippen molar-refractivity contribution in [1.29, 1.82) is 5.41 Å². The van der Waals surface area contributed by atoms with E-state index in [1.165, 1.54) is 0 Å². The third-order valence-electron chi connectivity index (χ3n) is 2.21. The van der Waals surface area contributed by atoms with Gasteiger partial charge in [-0.3, -0.25) is 5.41 Å². The van der Waals surface area contributed by atoms with E-state index in [-0.39, 0.29) is 11.5 Å². The molecule has 2 atom stereocenters. The molecule has 76 valence electrons. The second-order valence-electron chi connectivity index (χ2n) is 3.37. The number of hydrogen-bond acceptors (Lipinski definition) is 3. The molecule has 0 saturated carbocycles. The van der Waals surface area contributed by atoms with Crippen molar-refractivity contribution in [3.8, 4) is 0 Å². The van der Waals surface area contributed by atoms with Crippen LogP contribution in [0.5, 0.6) is 0 Å². The highest BCUT2D eigenvalue weighted by molar-refractivity contribution is 7.91. The third-order valence-corrected chi connectivity index (χ3v) is 4.06. The Hall–Kier alpha value is -0.650. The molecule has 1 saturated heterocycles. The van der Waals surface area contributed by atoms with Gasteiger partial charge in [-0.1, -0.05) is 0 Å². The van der Waals surface area contributed by atoms with Crippen molar-refractivity contribution in [3.63, 3.8) is 0 Å². The van der Waals surface area contributed by atoms with Gasteiger partial charge in [0.25, 0.3) is 0 Å². The van der Waals surface area contributed by atoms with E-state index in [2.05, 4.69) is 0 Å². The van der Waals surface area contributed by atoms with Gasteiger partial charge in [-0.2, -0.15) is 0 Å². The molecule has 1 fully saturated rings. The minimum Gasteiger partial charge on any atom is -0.385 e. The van der Waals surface area contributed by atoms with Crippen LogP contribution in [-0.4, -0.2) is 31.9 Å². The van der Waals surface area contributed by atoms with Crippen molar-refractivity contribution in [2.24, 2.45) is 11.7 Å². The molecule has 0 aliphatic carbocycles. The highest BCUT2D eigenvalue weighted by atomic mass is 32.2. The van der Waals surface area contributed by atoms with E-state index < -0.39 is 27.8 Å². The van der Waals surface area contributed by atoms with Crippen LogP contribution in [0, 0.1) is 11.3 Å². The smallest absolute Gasteiger partial charge is 0.160 e. The summed E-state index contributed by atoms with van der Waals surface area (Å²) in [7, 11) is -3.10. The van der Waals surface area contributed by atoms with Gasteiger partial charge in [0.15, 0.2) is 16.0 Å². The summed E-state index contributed by atoms with van der Waals surface area (Å²) in [6, 6.07) is 0. The summed E-state index contributed by atoms with van der Waals surface area (Å²) in [5, 5.41) is 6.87. The van der Waals surface area contributed by atoms with E-state index in [1.54, 1.807) is 0 Å². The Morgan fingerprint density at radius 2 is 2.23 bits per heavy atom. The number of nitrogens with one attached hydrogen (secondary N) is 1. The van der Waals surface area contributed by atoms with Gasteiger partial charge in [-0.15, -0.1) is 0 Å². The molecule has 1 heterocycles. The molecule has 0 spiro atoms. The first-order valence-corrected chi connectivity index (χ1v) is 5.93. The number of alkyl halides is 1. The predicted molar refractivity (Wildman–Crippen MR) is 48.2 cm³/mol. The fourth-order valence-electron chi connectivity index (χ4n) is 1.54. The first-order chi connectivity index (χ1) is 5.92. The SMILES string of the molecule is N=C(N)C(F)C1CCCS(=O)(=O)C1. The monoisotopic (exact) mass is 208 g/mol. The van der Waals surface area contributed by atoms with Crippen LogP contribution in [0.1, 0.15) is 12.8 Å². The number of sulfone groups is 1. The van der Waals surface area contributed by atoms with Crippen LogP contribution >= 0.6 is 0 Å². The standard InChI is InChI=1S/C7H13FN2O2S/c8-6(7(9)10)5-2-1-3-13(11,12)4-5/h5-6H,1-4H2,(H3,9,10). The van der Waals surface area contributed by atoms with E-state index >= 15 is 0 Å². The van der Waals surface area contributed by atoms with Crippen LogP contribution in [0.15, 0.2) is 0 Å². The van der Waals surface area contributed by atoms with E-state index in [9.17, 15) is 12.8 Å². The van der Waals surface area contributed by atoms with Crippen LogP contribution in [-0.2, 0) is 9.84 Å². The first-order valence-electron chi connectivity index (χ1n) is 4.11. The van der Waals surface area contributed by atoms with Gasteiger partial charge in [0.05, 0.1) is 11.5 Å². The molecule has 0 bridgehead atoms. The Balaban J connectivity index is 2.67. The van der Waals surface area contributed by atoms with Crippen LogP contribution in [0.2, 0.25) is 0 Å². The van der Waals surface area contributed by atoms with Crippen molar-refractivity contribution in [1.82, 2.24) is 0 Å². The van der Waals surface area contributed by atoms with Gasteiger partial charge >= 0.3 is 0 Å². The second kappa shape index (κ2) is 3.61. The maximum Gasteiger partial charge on any atom is 0.160 e. The molecule has 6 heteroatoms. The van der Waals surface area contributed by atoms with Crippen molar-refractivity contribution < 1.29 is 12.8 Å². The van der Waals surface area contributed by atoms with E-state index in [0.29, 0.717) is 12.8 Å². The number of amidine groups is 1. The van der Waals surface area contributed by atoms with Gasteiger partial charge in [0, 0.05) is 5.92 Å². The molecule has 1 aliphatic heterocycles. The van der Waals surface area contributed by atoms with Gasteiger partial charge in [-0.25, -0.2) is 12.8 Å². The number of halogens is 1. The second-order valence-corrected chi connectivity index (χ2v) is 5.60. The van der Waals surface area contributed by atoms with Crippen LogP contribution in [0.4, 0.5) is 4.39 Å². The Bertz CT molecular complexity index is 302. The lowest BCUT2D eigenvalue weighted by atomic mass is 9.99. The number of nitrogens with two attached hydrogens (primary N) is 1. The first kappa shape index (κ1) is 10.4. The van der Waals surface area contributed by atoms with Crippen molar-refractivity contribution in [3.05, 3.63) is 0 Å². The van der Waals surface area contributed by atoms with Crippen LogP contribution in [0.25, 0.3) is 0 Å². The molecule has 0 aromatic rings. The summed E-state index contributed by atoms with van der Waals surface area (Å²) < 4.78 is 35.4. The molecule has 2 unspecified atom stereocenters. The minimum atomic E-state index is -3.10. The molecule has 0 aromatic heterocycles. The Kier molecular flexibility index (Phi) is 2.90. The average Bonchev–Trinajstić information content (AvgIpc) is 2.01.